The zero-order chi connectivity index (χ0) is 15.8. The van der Waals surface area contributed by atoms with Gasteiger partial charge in [-0.3, -0.25) is 0 Å². The monoisotopic (exact) mass is 368 g/mol. The molecule has 2 aromatic carbocycles. The first-order chi connectivity index (χ1) is 9.68. The van der Waals surface area contributed by atoms with Crippen LogP contribution in [0.3, 0.4) is 0 Å². The highest BCUT2D eigenvalue weighted by atomic mass is 79.9. The van der Waals surface area contributed by atoms with Gasteiger partial charge in [0.05, 0.1) is 16.3 Å². The Morgan fingerprint density at radius 1 is 1.10 bits per heavy atom. The Morgan fingerprint density at radius 2 is 1.67 bits per heavy atom. The van der Waals surface area contributed by atoms with Crippen molar-refractivity contribution >= 4 is 42.8 Å². The normalized spacial score (nSPS) is 11.4. The molecule has 4 nitrogen and oxygen atoms in total. The van der Waals surface area contributed by atoms with E-state index >= 15 is 0 Å². The fourth-order valence-corrected chi connectivity index (χ4v) is 3.47. The van der Waals surface area contributed by atoms with Crippen molar-refractivity contribution in [2.24, 2.45) is 0 Å². The summed E-state index contributed by atoms with van der Waals surface area (Å²) < 4.78 is 24.1. The molecule has 0 bridgehead atoms. The van der Waals surface area contributed by atoms with Crippen LogP contribution in [-0.4, -0.2) is 14.7 Å². The van der Waals surface area contributed by atoms with E-state index in [1.54, 1.807) is 12.1 Å². The number of hydrogen-bond acceptors (Lipinski definition) is 4. The highest BCUT2D eigenvalue weighted by molar-refractivity contribution is 9.10. The van der Waals surface area contributed by atoms with Crippen LogP contribution in [0.15, 0.2) is 39.7 Å². The third-order valence-electron chi connectivity index (χ3n) is 3.21. The Labute approximate surface area is 133 Å². The first kappa shape index (κ1) is 15.9. The highest BCUT2D eigenvalue weighted by Gasteiger charge is 2.11. The summed E-state index contributed by atoms with van der Waals surface area (Å²) in [4.78, 5) is 0.217. The molecule has 0 atom stereocenters. The molecule has 0 radical (unpaired) electrons. The average molecular weight is 369 g/mol. The van der Waals surface area contributed by atoms with Crippen LogP contribution in [0.4, 0.5) is 17.1 Å². The summed E-state index contributed by atoms with van der Waals surface area (Å²) in [6.07, 6.45) is 1.16. The quantitative estimate of drug-likeness (QED) is 0.808. The second kappa shape index (κ2) is 5.69. The van der Waals surface area contributed by atoms with E-state index in [1.165, 1.54) is 6.07 Å². The van der Waals surface area contributed by atoms with Gasteiger partial charge in [-0.15, -0.1) is 0 Å². The molecule has 0 saturated carbocycles. The number of hydrogen-bond donors (Lipinski definition) is 2. The van der Waals surface area contributed by atoms with Crippen molar-refractivity contribution in [3.8, 4) is 0 Å². The van der Waals surface area contributed by atoms with Crippen LogP contribution in [0, 0.1) is 13.8 Å². The summed E-state index contributed by atoms with van der Waals surface area (Å²) in [6.45, 7) is 4.00. The molecule has 0 aliphatic carbocycles. The Bertz CT molecular complexity index is 778. The number of halogens is 1. The van der Waals surface area contributed by atoms with Crippen molar-refractivity contribution in [2.75, 3.05) is 17.3 Å². The van der Waals surface area contributed by atoms with Gasteiger partial charge in [0.25, 0.3) is 0 Å². The van der Waals surface area contributed by atoms with Gasteiger partial charge in [-0.2, -0.15) is 0 Å². The van der Waals surface area contributed by atoms with Gasteiger partial charge < -0.3 is 11.1 Å². The van der Waals surface area contributed by atoms with Crippen LogP contribution in [0.5, 0.6) is 0 Å². The first-order valence-electron chi connectivity index (χ1n) is 6.32. The van der Waals surface area contributed by atoms with Crippen LogP contribution in [-0.2, 0) is 9.84 Å². The Kier molecular flexibility index (Phi) is 4.30. The van der Waals surface area contributed by atoms with Crippen molar-refractivity contribution in [1.82, 2.24) is 0 Å². The number of nitrogen functional groups attached to an aromatic ring is 1. The van der Waals surface area contributed by atoms with Gasteiger partial charge in [0.1, 0.15) is 0 Å². The van der Waals surface area contributed by atoms with E-state index in [9.17, 15) is 8.42 Å². The molecule has 0 fully saturated rings. The zero-order valence-electron chi connectivity index (χ0n) is 12.1. The number of nitrogens with one attached hydrogen (secondary N) is 1. The molecule has 2 rings (SSSR count). The van der Waals surface area contributed by atoms with Crippen molar-refractivity contribution in [3.05, 3.63) is 45.9 Å². The summed E-state index contributed by atoms with van der Waals surface area (Å²) >= 11 is 3.46. The molecule has 0 aromatic heterocycles. The number of aryl methyl sites for hydroxylation is 2. The van der Waals surface area contributed by atoms with Crippen LogP contribution in [0.1, 0.15) is 11.1 Å². The molecule has 0 saturated heterocycles. The van der Waals surface area contributed by atoms with E-state index in [0.29, 0.717) is 11.4 Å². The third kappa shape index (κ3) is 3.57. The molecule has 6 heteroatoms. The molecule has 112 valence electrons. The maximum absolute atomic E-state index is 11.5. The number of nitrogens with two attached hydrogens (primary N) is 1. The molecule has 3 N–H and O–H groups in total. The van der Waals surface area contributed by atoms with Gasteiger partial charge in [-0.25, -0.2) is 8.42 Å². The lowest BCUT2D eigenvalue weighted by Gasteiger charge is -2.15. The molecule has 0 aliphatic rings. The van der Waals surface area contributed by atoms with E-state index in [4.69, 9.17) is 5.73 Å². The Balaban J connectivity index is 2.42. The second-order valence-electron chi connectivity index (χ2n) is 5.06. The van der Waals surface area contributed by atoms with Crippen LogP contribution in [0.2, 0.25) is 0 Å². The summed E-state index contributed by atoms with van der Waals surface area (Å²) in [5, 5.41) is 3.27. The average Bonchev–Trinajstić information content (AvgIpc) is 2.33. The maximum atomic E-state index is 11.5. The molecule has 0 heterocycles. The fourth-order valence-electron chi connectivity index (χ4n) is 2.13. The van der Waals surface area contributed by atoms with E-state index < -0.39 is 9.84 Å². The molecule has 0 unspecified atom stereocenters. The standard InChI is InChI=1S/C15H17BrN2O2S/c1-9-6-11(16)7-10(2)15(9)18-14-5-4-12(8-13(14)17)21(3,19)20/h4-8,18H,17H2,1-3H3. The predicted molar refractivity (Wildman–Crippen MR) is 90.9 cm³/mol. The topological polar surface area (TPSA) is 72.2 Å². The molecule has 0 spiro atoms. The van der Waals surface area contributed by atoms with Crippen molar-refractivity contribution in [2.45, 2.75) is 18.7 Å². The number of benzene rings is 2. The van der Waals surface area contributed by atoms with Crippen molar-refractivity contribution in [3.63, 3.8) is 0 Å². The minimum absolute atomic E-state index is 0.217. The molecule has 21 heavy (non-hydrogen) atoms. The third-order valence-corrected chi connectivity index (χ3v) is 4.78. The number of rotatable bonds is 3. The van der Waals surface area contributed by atoms with E-state index in [0.717, 1.165) is 27.5 Å². The Hall–Kier alpha value is -1.53. The van der Waals surface area contributed by atoms with Crippen molar-refractivity contribution < 1.29 is 8.42 Å². The lowest BCUT2D eigenvalue weighted by Crippen LogP contribution is -2.03. The summed E-state index contributed by atoms with van der Waals surface area (Å²) in [6, 6.07) is 8.73. The Morgan fingerprint density at radius 3 is 2.14 bits per heavy atom. The van der Waals surface area contributed by atoms with Gasteiger partial charge in [0, 0.05) is 16.4 Å². The summed E-state index contributed by atoms with van der Waals surface area (Å²) in [7, 11) is -3.25. The molecule has 0 amide bonds. The predicted octanol–water partition coefficient (Wildman–Crippen LogP) is 3.80. The van der Waals surface area contributed by atoms with Gasteiger partial charge in [0.2, 0.25) is 0 Å². The minimum atomic E-state index is -3.25. The minimum Gasteiger partial charge on any atom is -0.397 e. The molecule has 2 aromatic rings. The maximum Gasteiger partial charge on any atom is 0.175 e. The lowest BCUT2D eigenvalue weighted by atomic mass is 10.1. The lowest BCUT2D eigenvalue weighted by molar-refractivity contribution is 0.602. The van der Waals surface area contributed by atoms with E-state index in [1.807, 2.05) is 26.0 Å². The molecule has 0 aliphatic heterocycles. The largest absolute Gasteiger partial charge is 0.397 e. The van der Waals surface area contributed by atoms with Crippen molar-refractivity contribution in [1.29, 1.82) is 0 Å². The van der Waals surface area contributed by atoms with E-state index in [-0.39, 0.29) is 4.90 Å². The summed E-state index contributed by atoms with van der Waals surface area (Å²) in [5.41, 5.74) is 10.2. The van der Waals surface area contributed by atoms with Gasteiger partial charge in [-0.05, 0) is 55.3 Å². The fraction of sp³-hybridized carbons (Fsp3) is 0.200. The SMILES string of the molecule is Cc1cc(Br)cc(C)c1Nc1ccc(S(C)(=O)=O)cc1N. The van der Waals surface area contributed by atoms with E-state index in [2.05, 4.69) is 21.2 Å². The zero-order valence-corrected chi connectivity index (χ0v) is 14.5. The van der Waals surface area contributed by atoms with Crippen LogP contribution in [0.25, 0.3) is 0 Å². The second-order valence-corrected chi connectivity index (χ2v) is 7.99. The molecular weight excluding hydrogens is 352 g/mol. The smallest absolute Gasteiger partial charge is 0.175 e. The number of sulfone groups is 1. The van der Waals surface area contributed by atoms with Gasteiger partial charge in [-0.1, -0.05) is 15.9 Å². The first-order valence-corrected chi connectivity index (χ1v) is 9.00. The molecular formula is C15H17BrN2O2S. The van der Waals surface area contributed by atoms with Crippen LogP contribution >= 0.6 is 15.9 Å². The number of anilines is 3. The van der Waals surface area contributed by atoms with Crippen LogP contribution < -0.4 is 11.1 Å². The summed E-state index contributed by atoms with van der Waals surface area (Å²) in [5.74, 6) is 0. The van der Waals surface area contributed by atoms with Gasteiger partial charge >= 0.3 is 0 Å². The van der Waals surface area contributed by atoms with Gasteiger partial charge in [0.15, 0.2) is 9.84 Å². The highest BCUT2D eigenvalue weighted by Crippen LogP contribution is 2.31.